The quantitative estimate of drug-likeness (QED) is 0.242. The molecule has 0 fully saturated rings. The molecule has 0 aliphatic heterocycles. The van der Waals surface area contributed by atoms with E-state index < -0.39 is 35.8 Å². The number of hydrogen-bond donors (Lipinski definition) is 1. The molecule has 0 saturated heterocycles. The third kappa shape index (κ3) is 5.77. The van der Waals surface area contributed by atoms with E-state index in [0.29, 0.717) is 0 Å². The zero-order chi connectivity index (χ0) is 19.0. The fraction of sp³-hybridized carbons (Fsp3) is 0.125. The van der Waals surface area contributed by atoms with Crippen LogP contribution in [0.5, 0.6) is 5.75 Å². The molecule has 0 spiro atoms. The molecule has 0 aliphatic carbocycles. The van der Waals surface area contributed by atoms with Crippen molar-refractivity contribution in [2.75, 3.05) is 6.61 Å². The summed E-state index contributed by atoms with van der Waals surface area (Å²) in [7, 11) is 0. The Hall–Kier alpha value is -2.53. The highest BCUT2D eigenvalue weighted by Crippen LogP contribution is 2.31. The molecule has 0 atom stereocenters. The summed E-state index contributed by atoms with van der Waals surface area (Å²) in [5, 5.41) is 6.56. The molecule has 2 aromatic rings. The number of halogens is 2. The normalized spacial score (nSPS) is 11.0. The first kappa shape index (κ1) is 19.8. The predicted octanol–water partition coefficient (Wildman–Crippen LogP) is 3.46. The Bertz CT molecular complexity index is 738. The van der Waals surface area contributed by atoms with Gasteiger partial charge in [0, 0.05) is 0 Å². The number of esters is 2. The lowest BCUT2D eigenvalue weighted by atomic mass is 10.1. The Kier molecular flexibility index (Phi) is 7.04. The summed E-state index contributed by atoms with van der Waals surface area (Å²) < 4.78 is 38.7. The molecule has 0 heterocycles. The molecule has 0 amide bonds. The van der Waals surface area contributed by atoms with Gasteiger partial charge in [-0.15, -0.1) is 4.33 Å². The Morgan fingerprint density at radius 3 is 2.23 bits per heavy atom. The van der Waals surface area contributed by atoms with Crippen molar-refractivity contribution in [1.82, 2.24) is 0 Å². The van der Waals surface area contributed by atoms with Crippen LogP contribution in [0, 0.1) is 0 Å². The van der Waals surface area contributed by atoms with Gasteiger partial charge >= 0.3 is 17.2 Å². The summed E-state index contributed by atoms with van der Waals surface area (Å²) in [6.45, 7) is -1.03. The molecule has 138 valence electrons. The van der Waals surface area contributed by atoms with E-state index in [9.17, 15) is 18.4 Å². The maximum Gasteiger partial charge on any atom is 0.415 e. The third-order valence-corrected chi connectivity index (χ3v) is 3.43. The summed E-state index contributed by atoms with van der Waals surface area (Å²) >= 11 is -0.790. The van der Waals surface area contributed by atoms with E-state index in [1.807, 2.05) is 30.3 Å². The number of alkyl halides is 2. The molecule has 0 aromatic heterocycles. The number of rotatable bonds is 8. The molecule has 1 N–H and O–H groups in total. The molecule has 10 heteroatoms. The highest BCUT2D eigenvalue weighted by Gasteiger charge is 2.44. The van der Waals surface area contributed by atoms with Crippen LogP contribution in [0.4, 0.5) is 8.78 Å². The molecular formula is C16H12F2O7S. The van der Waals surface area contributed by atoms with Gasteiger partial charge in [-0.3, -0.25) is 0 Å². The first-order valence-electron chi connectivity index (χ1n) is 6.99. The van der Waals surface area contributed by atoms with Crippen molar-refractivity contribution < 1.29 is 42.5 Å². The van der Waals surface area contributed by atoms with Gasteiger partial charge < -0.3 is 9.47 Å². The summed E-state index contributed by atoms with van der Waals surface area (Å²) in [4.78, 5) is 22.7. The van der Waals surface area contributed by atoms with Crippen molar-refractivity contribution in [3.8, 4) is 16.9 Å². The average Bonchev–Trinajstić information content (AvgIpc) is 2.65. The van der Waals surface area contributed by atoms with Crippen LogP contribution in [0.3, 0.4) is 0 Å². The molecule has 2 rings (SSSR count). The summed E-state index contributed by atoms with van der Waals surface area (Å²) in [6.07, 6.45) is 0. The van der Waals surface area contributed by atoms with Gasteiger partial charge in [-0.05, 0) is 23.3 Å². The van der Waals surface area contributed by atoms with Gasteiger partial charge in [0.2, 0.25) is 0 Å². The average molecular weight is 386 g/mol. The monoisotopic (exact) mass is 386 g/mol. The number of hydrogen-bond acceptors (Lipinski definition) is 8. The van der Waals surface area contributed by atoms with E-state index in [-0.39, 0.29) is 5.75 Å². The number of carbonyl (C=O) groups is 2. The van der Waals surface area contributed by atoms with Crippen LogP contribution in [0.25, 0.3) is 11.1 Å². The largest absolute Gasteiger partial charge is 0.448 e. The minimum Gasteiger partial charge on any atom is -0.448 e. The van der Waals surface area contributed by atoms with Gasteiger partial charge in [-0.25, -0.2) is 14.8 Å². The van der Waals surface area contributed by atoms with E-state index in [4.69, 9.17) is 9.99 Å². The maximum atomic E-state index is 13.1. The standard InChI is InChI=1S/C16H12F2O7S/c17-16(18,26-25-24-21)15(20)22-10-14(19)23-13-8-6-12(7-9-13)11-4-2-1-3-5-11/h1-9,21H,10H2. The number of benzene rings is 2. The lowest BCUT2D eigenvalue weighted by Crippen LogP contribution is -2.30. The van der Waals surface area contributed by atoms with Crippen molar-refractivity contribution in [2.45, 2.75) is 5.25 Å². The van der Waals surface area contributed by atoms with Crippen LogP contribution in [-0.4, -0.2) is 29.1 Å². The van der Waals surface area contributed by atoms with Gasteiger partial charge in [-0.1, -0.05) is 47.5 Å². The van der Waals surface area contributed by atoms with Gasteiger partial charge in [0.1, 0.15) is 17.8 Å². The molecular weight excluding hydrogens is 374 g/mol. The Labute approximate surface area is 150 Å². The van der Waals surface area contributed by atoms with Crippen LogP contribution in [-0.2, 0) is 23.7 Å². The minimum atomic E-state index is -4.18. The molecule has 0 saturated carbocycles. The second-order valence-corrected chi connectivity index (χ2v) is 5.50. The summed E-state index contributed by atoms with van der Waals surface area (Å²) in [6, 6.07) is 15.9. The highest BCUT2D eigenvalue weighted by atomic mass is 32.2. The van der Waals surface area contributed by atoms with Crippen LogP contribution in [0.15, 0.2) is 54.6 Å². The van der Waals surface area contributed by atoms with Crippen molar-refractivity contribution in [3.63, 3.8) is 0 Å². The zero-order valence-corrected chi connectivity index (χ0v) is 13.8. The van der Waals surface area contributed by atoms with Gasteiger partial charge in [0.05, 0.1) is 0 Å². The van der Waals surface area contributed by atoms with Gasteiger partial charge in [0.15, 0.2) is 6.61 Å². The van der Waals surface area contributed by atoms with Crippen LogP contribution in [0.2, 0.25) is 0 Å². The second-order valence-electron chi connectivity index (χ2n) is 4.68. The number of carbonyl (C=O) groups excluding carboxylic acids is 2. The van der Waals surface area contributed by atoms with Crippen molar-refractivity contribution in [3.05, 3.63) is 54.6 Å². The molecule has 0 unspecified atom stereocenters. The maximum absolute atomic E-state index is 13.1. The van der Waals surface area contributed by atoms with E-state index in [2.05, 4.69) is 14.1 Å². The van der Waals surface area contributed by atoms with E-state index in [1.165, 1.54) is 12.1 Å². The highest BCUT2D eigenvalue weighted by molar-refractivity contribution is 7.96. The first-order chi connectivity index (χ1) is 12.4. The smallest absolute Gasteiger partial charge is 0.415 e. The van der Waals surface area contributed by atoms with Crippen molar-refractivity contribution in [2.24, 2.45) is 0 Å². The zero-order valence-electron chi connectivity index (χ0n) is 13.0. The first-order valence-corrected chi connectivity index (χ1v) is 7.73. The van der Waals surface area contributed by atoms with Gasteiger partial charge in [0.25, 0.3) is 0 Å². The van der Waals surface area contributed by atoms with Gasteiger partial charge in [-0.2, -0.15) is 8.78 Å². The molecule has 0 radical (unpaired) electrons. The summed E-state index contributed by atoms with van der Waals surface area (Å²) in [5.74, 6) is -2.95. The summed E-state index contributed by atoms with van der Waals surface area (Å²) in [5.41, 5.74) is 1.85. The number of ether oxygens (including phenoxy) is 2. The van der Waals surface area contributed by atoms with E-state index >= 15 is 0 Å². The fourth-order valence-corrected chi connectivity index (χ4v) is 2.05. The van der Waals surface area contributed by atoms with Crippen LogP contribution < -0.4 is 4.74 Å². The fourth-order valence-electron chi connectivity index (χ4n) is 1.81. The van der Waals surface area contributed by atoms with E-state index in [1.54, 1.807) is 12.1 Å². The third-order valence-electron chi connectivity index (χ3n) is 2.92. The molecule has 7 nitrogen and oxygen atoms in total. The molecule has 26 heavy (non-hydrogen) atoms. The van der Waals surface area contributed by atoms with E-state index in [0.717, 1.165) is 11.1 Å². The minimum absolute atomic E-state index is 0.156. The molecule has 0 aliphatic rings. The Morgan fingerprint density at radius 1 is 1.00 bits per heavy atom. The van der Waals surface area contributed by atoms with Crippen molar-refractivity contribution >= 4 is 24.0 Å². The Morgan fingerprint density at radius 2 is 1.62 bits per heavy atom. The Balaban J connectivity index is 1.85. The predicted molar refractivity (Wildman–Crippen MR) is 85.8 cm³/mol. The van der Waals surface area contributed by atoms with Crippen LogP contribution in [0.1, 0.15) is 0 Å². The SMILES string of the molecule is O=C(COC(=O)C(F)(F)SOOO)Oc1ccc(-c2ccccc2)cc1. The lowest BCUT2D eigenvalue weighted by molar-refractivity contribution is -0.433. The molecule has 2 aromatic carbocycles. The molecule has 0 bridgehead atoms. The van der Waals surface area contributed by atoms with Crippen LogP contribution >= 0.6 is 12.0 Å². The lowest BCUT2D eigenvalue weighted by Gasteiger charge is -2.12. The van der Waals surface area contributed by atoms with Crippen molar-refractivity contribution in [1.29, 1.82) is 0 Å². The topological polar surface area (TPSA) is 91.3 Å². The second kappa shape index (κ2) is 9.25.